The van der Waals surface area contributed by atoms with Crippen LogP contribution in [0.5, 0.6) is 0 Å². The third kappa shape index (κ3) is 4.37. The standard InChI is InChI=1S/C25H22FNO2/c26-22-10-8-19(9-11-22)25-23(14-27)20(13-21-16-29-17-24(21)25)7-4-12-28-15-18-5-2-1-3-6-18/h1-3,5-6,8-11,13H,4,7,12,15-17H2. The lowest BCUT2D eigenvalue weighted by molar-refractivity contribution is 0.118. The molecule has 0 radical (unpaired) electrons. The van der Waals surface area contributed by atoms with Crippen molar-refractivity contribution >= 4 is 0 Å². The van der Waals surface area contributed by atoms with Gasteiger partial charge in [-0.25, -0.2) is 4.39 Å². The van der Waals surface area contributed by atoms with E-state index in [1.807, 2.05) is 30.3 Å². The van der Waals surface area contributed by atoms with E-state index in [0.717, 1.165) is 46.2 Å². The molecule has 3 aromatic rings. The monoisotopic (exact) mass is 387 g/mol. The summed E-state index contributed by atoms with van der Waals surface area (Å²) in [4.78, 5) is 0. The molecule has 0 saturated heterocycles. The van der Waals surface area contributed by atoms with Gasteiger partial charge in [-0.3, -0.25) is 0 Å². The first-order chi connectivity index (χ1) is 14.3. The van der Waals surface area contributed by atoms with Crippen LogP contribution in [0.3, 0.4) is 0 Å². The van der Waals surface area contributed by atoms with Gasteiger partial charge in [-0.1, -0.05) is 48.5 Å². The lowest BCUT2D eigenvalue weighted by Crippen LogP contribution is -2.03. The number of benzene rings is 3. The van der Waals surface area contributed by atoms with Crippen molar-refractivity contribution in [3.05, 3.63) is 94.3 Å². The highest BCUT2D eigenvalue weighted by atomic mass is 19.1. The highest BCUT2D eigenvalue weighted by Crippen LogP contribution is 2.36. The molecule has 0 unspecified atom stereocenters. The molecule has 3 nitrogen and oxygen atoms in total. The van der Waals surface area contributed by atoms with Gasteiger partial charge in [0.2, 0.25) is 0 Å². The van der Waals surface area contributed by atoms with E-state index in [1.54, 1.807) is 12.1 Å². The molecule has 1 heterocycles. The van der Waals surface area contributed by atoms with Crippen LogP contribution in [-0.2, 0) is 35.7 Å². The number of hydrogen-bond donors (Lipinski definition) is 0. The van der Waals surface area contributed by atoms with Crippen molar-refractivity contribution < 1.29 is 13.9 Å². The van der Waals surface area contributed by atoms with Crippen LogP contribution >= 0.6 is 0 Å². The van der Waals surface area contributed by atoms with Gasteiger partial charge in [0.1, 0.15) is 11.9 Å². The molecule has 4 rings (SSSR count). The number of nitrogens with zero attached hydrogens (tertiary/aromatic N) is 1. The third-order valence-electron chi connectivity index (χ3n) is 5.20. The Balaban J connectivity index is 1.52. The van der Waals surface area contributed by atoms with Gasteiger partial charge >= 0.3 is 0 Å². The number of aryl methyl sites for hydroxylation is 1. The molecule has 0 N–H and O–H groups in total. The Hall–Kier alpha value is -3.00. The van der Waals surface area contributed by atoms with Crippen LogP contribution in [0.4, 0.5) is 4.39 Å². The zero-order valence-corrected chi connectivity index (χ0v) is 16.2. The molecular weight excluding hydrogens is 365 g/mol. The van der Waals surface area contributed by atoms with Gasteiger partial charge in [0.05, 0.1) is 25.4 Å². The maximum atomic E-state index is 13.4. The van der Waals surface area contributed by atoms with Gasteiger partial charge in [-0.2, -0.15) is 5.26 Å². The van der Waals surface area contributed by atoms with Crippen molar-refractivity contribution in [3.8, 4) is 17.2 Å². The number of fused-ring (bicyclic) bond motifs is 1. The minimum absolute atomic E-state index is 0.285. The molecule has 0 amide bonds. The first kappa shape index (κ1) is 19.3. The summed E-state index contributed by atoms with van der Waals surface area (Å²) in [5, 5.41) is 9.90. The van der Waals surface area contributed by atoms with E-state index in [4.69, 9.17) is 9.47 Å². The smallest absolute Gasteiger partial charge is 0.123 e. The molecule has 4 heteroatoms. The minimum Gasteiger partial charge on any atom is -0.377 e. The first-order valence-electron chi connectivity index (χ1n) is 9.79. The van der Waals surface area contributed by atoms with Gasteiger partial charge in [-0.05, 0) is 52.8 Å². The van der Waals surface area contributed by atoms with Crippen molar-refractivity contribution in [2.24, 2.45) is 0 Å². The van der Waals surface area contributed by atoms with Crippen molar-refractivity contribution in [1.82, 2.24) is 0 Å². The maximum absolute atomic E-state index is 13.4. The lowest BCUT2D eigenvalue weighted by Gasteiger charge is -2.15. The van der Waals surface area contributed by atoms with E-state index in [9.17, 15) is 9.65 Å². The first-order valence-corrected chi connectivity index (χ1v) is 9.79. The molecular formula is C25H22FNO2. The molecule has 29 heavy (non-hydrogen) atoms. The van der Waals surface area contributed by atoms with E-state index in [-0.39, 0.29) is 5.82 Å². The average molecular weight is 387 g/mol. The Labute approximate surface area is 170 Å². The van der Waals surface area contributed by atoms with E-state index in [1.165, 1.54) is 12.1 Å². The van der Waals surface area contributed by atoms with Crippen LogP contribution in [-0.4, -0.2) is 6.61 Å². The third-order valence-corrected chi connectivity index (χ3v) is 5.20. The highest BCUT2D eigenvalue weighted by molar-refractivity contribution is 5.77. The van der Waals surface area contributed by atoms with Gasteiger partial charge < -0.3 is 9.47 Å². The summed E-state index contributed by atoms with van der Waals surface area (Å²) >= 11 is 0. The summed E-state index contributed by atoms with van der Waals surface area (Å²) in [7, 11) is 0. The zero-order chi connectivity index (χ0) is 20.1. The van der Waals surface area contributed by atoms with E-state index in [2.05, 4.69) is 12.1 Å². The number of halogens is 1. The molecule has 0 spiro atoms. The van der Waals surface area contributed by atoms with Crippen LogP contribution in [0.2, 0.25) is 0 Å². The molecule has 0 bridgehead atoms. The molecule has 0 saturated carbocycles. The quantitative estimate of drug-likeness (QED) is 0.500. The summed E-state index contributed by atoms with van der Waals surface area (Å²) in [6, 6.07) is 20.9. The minimum atomic E-state index is -0.285. The normalized spacial score (nSPS) is 12.6. The second-order valence-corrected chi connectivity index (χ2v) is 7.18. The molecule has 146 valence electrons. The number of nitriles is 1. The zero-order valence-electron chi connectivity index (χ0n) is 16.2. The Morgan fingerprint density at radius 2 is 1.83 bits per heavy atom. The van der Waals surface area contributed by atoms with E-state index >= 15 is 0 Å². The number of ether oxygens (including phenoxy) is 2. The fourth-order valence-corrected chi connectivity index (χ4v) is 3.79. The van der Waals surface area contributed by atoms with Crippen LogP contribution in [0, 0.1) is 17.1 Å². The van der Waals surface area contributed by atoms with E-state index in [0.29, 0.717) is 32.0 Å². The Morgan fingerprint density at radius 3 is 2.59 bits per heavy atom. The fraction of sp³-hybridized carbons (Fsp3) is 0.240. The Bertz CT molecular complexity index is 1020. The predicted octanol–water partition coefficient (Wildman–Crippen LogP) is 5.54. The maximum Gasteiger partial charge on any atom is 0.123 e. The van der Waals surface area contributed by atoms with E-state index < -0.39 is 0 Å². The molecule has 1 aliphatic heterocycles. The molecule has 3 aromatic carbocycles. The average Bonchev–Trinajstić information content (AvgIpc) is 3.22. The second kappa shape index (κ2) is 9.00. The SMILES string of the molecule is N#Cc1c(CCCOCc2ccccc2)cc2c(c1-c1ccc(F)cc1)COC2. The molecule has 0 atom stereocenters. The Kier molecular flexibility index (Phi) is 6.00. The molecule has 0 aliphatic carbocycles. The van der Waals surface area contributed by atoms with Gasteiger partial charge in [0.15, 0.2) is 0 Å². The van der Waals surface area contributed by atoms with Gasteiger partial charge in [0, 0.05) is 12.2 Å². The molecule has 0 fully saturated rings. The lowest BCUT2D eigenvalue weighted by atomic mass is 9.87. The van der Waals surface area contributed by atoms with Crippen molar-refractivity contribution in [2.75, 3.05) is 6.61 Å². The topological polar surface area (TPSA) is 42.2 Å². The van der Waals surface area contributed by atoms with Crippen molar-refractivity contribution in [3.63, 3.8) is 0 Å². The predicted molar refractivity (Wildman–Crippen MR) is 109 cm³/mol. The Morgan fingerprint density at radius 1 is 1.03 bits per heavy atom. The molecule has 0 aromatic heterocycles. The number of hydrogen-bond acceptors (Lipinski definition) is 3. The van der Waals surface area contributed by atoms with Crippen LogP contribution in [0.15, 0.2) is 60.7 Å². The van der Waals surface area contributed by atoms with Crippen molar-refractivity contribution in [2.45, 2.75) is 32.7 Å². The van der Waals surface area contributed by atoms with Crippen LogP contribution in [0.1, 0.15) is 34.2 Å². The highest BCUT2D eigenvalue weighted by Gasteiger charge is 2.23. The van der Waals surface area contributed by atoms with Gasteiger partial charge in [0.25, 0.3) is 0 Å². The van der Waals surface area contributed by atoms with Crippen LogP contribution in [0.25, 0.3) is 11.1 Å². The summed E-state index contributed by atoms with van der Waals surface area (Å²) < 4.78 is 24.8. The number of rotatable bonds is 7. The summed E-state index contributed by atoms with van der Waals surface area (Å²) in [6.07, 6.45) is 1.57. The van der Waals surface area contributed by atoms with Crippen molar-refractivity contribution in [1.29, 1.82) is 5.26 Å². The van der Waals surface area contributed by atoms with Gasteiger partial charge in [-0.15, -0.1) is 0 Å². The second-order valence-electron chi connectivity index (χ2n) is 7.18. The summed E-state index contributed by atoms with van der Waals surface area (Å²) in [5.74, 6) is -0.285. The summed E-state index contributed by atoms with van der Waals surface area (Å²) in [5.41, 5.74) is 6.69. The molecule has 1 aliphatic rings. The fourth-order valence-electron chi connectivity index (χ4n) is 3.79. The van der Waals surface area contributed by atoms with Crippen LogP contribution < -0.4 is 0 Å². The largest absolute Gasteiger partial charge is 0.377 e. The summed E-state index contributed by atoms with van der Waals surface area (Å²) in [6.45, 7) is 2.24.